The van der Waals surface area contributed by atoms with E-state index in [0.29, 0.717) is 0 Å². The van der Waals surface area contributed by atoms with Crippen LogP contribution in [0.2, 0.25) is 0 Å². The lowest BCUT2D eigenvalue weighted by atomic mass is 9.87. The predicted molar refractivity (Wildman–Crippen MR) is 107 cm³/mol. The van der Waals surface area contributed by atoms with Gasteiger partial charge in [-0.25, -0.2) is 4.68 Å². The molecule has 3 aromatic carbocycles. The van der Waals surface area contributed by atoms with Gasteiger partial charge in [-0.05, 0) is 43.0 Å². The number of para-hydroxylation sites is 1. The molecule has 1 heterocycles. The van der Waals surface area contributed by atoms with Gasteiger partial charge in [0.05, 0.1) is 17.1 Å². The third-order valence-corrected chi connectivity index (χ3v) is 5.20. The third kappa shape index (κ3) is 2.38. The number of fused-ring (bicyclic) bond motifs is 3. The fourth-order valence-corrected chi connectivity index (χ4v) is 3.89. The molecule has 0 saturated carbocycles. The van der Waals surface area contributed by atoms with Crippen molar-refractivity contribution in [3.05, 3.63) is 95.7 Å². The summed E-state index contributed by atoms with van der Waals surface area (Å²) < 4.78 is 2.12. The van der Waals surface area contributed by atoms with Gasteiger partial charge in [-0.15, -0.1) is 0 Å². The van der Waals surface area contributed by atoms with Crippen molar-refractivity contribution < 1.29 is 0 Å². The summed E-state index contributed by atoms with van der Waals surface area (Å²) in [5, 5.41) is 5.04. The minimum Gasteiger partial charge on any atom is -0.232 e. The molecular weight excluding hydrogens is 316 g/mol. The highest BCUT2D eigenvalue weighted by molar-refractivity contribution is 5.86. The maximum absolute atomic E-state index is 5.04. The van der Waals surface area contributed by atoms with Gasteiger partial charge in [0, 0.05) is 11.1 Å². The van der Waals surface area contributed by atoms with Crippen molar-refractivity contribution >= 4 is 0 Å². The lowest BCUT2D eigenvalue weighted by Gasteiger charge is -2.17. The van der Waals surface area contributed by atoms with Gasteiger partial charge in [-0.3, -0.25) is 0 Å². The smallest absolute Gasteiger partial charge is 0.0822 e. The maximum atomic E-state index is 5.04. The second-order valence-corrected chi connectivity index (χ2v) is 6.94. The highest BCUT2D eigenvalue weighted by Crippen LogP contribution is 2.41. The van der Waals surface area contributed by atoms with Crippen LogP contribution in [0.4, 0.5) is 0 Å². The molecule has 2 heteroatoms. The van der Waals surface area contributed by atoms with Gasteiger partial charge in [0.25, 0.3) is 0 Å². The zero-order chi connectivity index (χ0) is 17.5. The predicted octanol–water partition coefficient (Wildman–Crippen LogP) is 5.61. The van der Waals surface area contributed by atoms with E-state index in [2.05, 4.69) is 84.4 Å². The van der Waals surface area contributed by atoms with Crippen LogP contribution in [0.25, 0.3) is 28.1 Å². The van der Waals surface area contributed by atoms with Gasteiger partial charge in [0.15, 0.2) is 0 Å². The summed E-state index contributed by atoms with van der Waals surface area (Å²) in [5.74, 6) is 0. The Balaban J connectivity index is 1.83. The van der Waals surface area contributed by atoms with Gasteiger partial charge >= 0.3 is 0 Å². The molecule has 0 fully saturated rings. The summed E-state index contributed by atoms with van der Waals surface area (Å²) in [5.41, 5.74) is 10.0. The SMILES string of the molecule is Cc1ccc(-c2c3c(nn2-c2ccccc2)CCc2ccccc2-3)cc1. The minimum absolute atomic E-state index is 0.991. The maximum Gasteiger partial charge on any atom is 0.0822 e. The summed E-state index contributed by atoms with van der Waals surface area (Å²) in [6.07, 6.45) is 2.05. The van der Waals surface area contributed by atoms with Crippen LogP contribution in [-0.4, -0.2) is 9.78 Å². The molecule has 5 rings (SSSR count). The third-order valence-electron chi connectivity index (χ3n) is 5.20. The van der Waals surface area contributed by atoms with Crippen molar-refractivity contribution in [1.29, 1.82) is 0 Å². The molecule has 0 N–H and O–H groups in total. The Morgan fingerprint density at radius 1 is 0.769 bits per heavy atom. The molecule has 1 aliphatic rings. The zero-order valence-corrected chi connectivity index (χ0v) is 14.8. The van der Waals surface area contributed by atoms with Crippen LogP contribution in [0.5, 0.6) is 0 Å². The monoisotopic (exact) mass is 336 g/mol. The molecule has 1 aliphatic carbocycles. The van der Waals surface area contributed by atoms with E-state index in [4.69, 9.17) is 5.10 Å². The van der Waals surface area contributed by atoms with E-state index < -0.39 is 0 Å². The van der Waals surface area contributed by atoms with E-state index in [1.807, 2.05) is 6.07 Å². The Labute approximate surface area is 153 Å². The summed E-state index contributed by atoms with van der Waals surface area (Å²) in [4.78, 5) is 0. The molecule has 0 unspecified atom stereocenters. The number of nitrogens with zero attached hydrogens (tertiary/aromatic N) is 2. The van der Waals surface area contributed by atoms with Crippen LogP contribution in [0.1, 0.15) is 16.8 Å². The first kappa shape index (κ1) is 15.2. The minimum atomic E-state index is 0.991. The van der Waals surface area contributed by atoms with Gasteiger partial charge in [-0.2, -0.15) is 5.10 Å². The first-order chi connectivity index (χ1) is 12.8. The quantitative estimate of drug-likeness (QED) is 0.465. The number of aromatic nitrogens is 2. The van der Waals surface area contributed by atoms with E-state index in [-0.39, 0.29) is 0 Å². The molecule has 4 aromatic rings. The first-order valence-corrected chi connectivity index (χ1v) is 9.14. The molecule has 0 spiro atoms. The van der Waals surface area contributed by atoms with Crippen LogP contribution in [0.3, 0.4) is 0 Å². The number of aryl methyl sites for hydroxylation is 3. The second kappa shape index (κ2) is 5.99. The fraction of sp³-hybridized carbons (Fsp3) is 0.125. The Kier molecular flexibility index (Phi) is 3.49. The number of benzene rings is 3. The number of rotatable bonds is 2. The van der Waals surface area contributed by atoms with Crippen LogP contribution in [0, 0.1) is 6.92 Å². The van der Waals surface area contributed by atoms with Crippen LogP contribution in [-0.2, 0) is 12.8 Å². The molecule has 2 nitrogen and oxygen atoms in total. The van der Waals surface area contributed by atoms with E-state index in [0.717, 1.165) is 18.5 Å². The van der Waals surface area contributed by atoms with Crippen LogP contribution in [0.15, 0.2) is 78.9 Å². The van der Waals surface area contributed by atoms with Crippen molar-refractivity contribution in [2.24, 2.45) is 0 Å². The number of hydrogen-bond donors (Lipinski definition) is 0. The normalized spacial score (nSPS) is 12.5. The largest absolute Gasteiger partial charge is 0.232 e. The lowest BCUT2D eigenvalue weighted by Crippen LogP contribution is -2.03. The van der Waals surface area contributed by atoms with Crippen LogP contribution < -0.4 is 0 Å². The molecule has 126 valence electrons. The van der Waals surface area contributed by atoms with E-state index in [9.17, 15) is 0 Å². The average Bonchev–Trinajstić information content (AvgIpc) is 3.09. The van der Waals surface area contributed by atoms with Crippen molar-refractivity contribution in [3.8, 4) is 28.1 Å². The van der Waals surface area contributed by atoms with Crippen molar-refractivity contribution in [2.75, 3.05) is 0 Å². The topological polar surface area (TPSA) is 17.8 Å². The van der Waals surface area contributed by atoms with Gasteiger partial charge in [0.1, 0.15) is 0 Å². The highest BCUT2D eigenvalue weighted by Gasteiger charge is 2.26. The van der Waals surface area contributed by atoms with E-state index in [1.165, 1.54) is 39.2 Å². The highest BCUT2D eigenvalue weighted by atomic mass is 15.3. The summed E-state index contributed by atoms with van der Waals surface area (Å²) in [6.45, 7) is 2.13. The zero-order valence-electron chi connectivity index (χ0n) is 14.8. The standard InChI is InChI=1S/C24H20N2/c1-17-11-13-19(14-12-17)24-23-21-10-6-5-7-18(21)15-16-22(23)25-26(24)20-8-3-2-4-9-20/h2-14H,15-16H2,1H3. The van der Waals surface area contributed by atoms with Gasteiger partial charge < -0.3 is 0 Å². The molecule has 0 atom stereocenters. The number of hydrogen-bond acceptors (Lipinski definition) is 1. The molecular formula is C24H20N2. The van der Waals surface area contributed by atoms with E-state index in [1.54, 1.807) is 0 Å². The molecule has 0 bridgehead atoms. The van der Waals surface area contributed by atoms with Crippen molar-refractivity contribution in [3.63, 3.8) is 0 Å². The molecule has 0 saturated heterocycles. The Morgan fingerprint density at radius 2 is 1.50 bits per heavy atom. The summed E-state index contributed by atoms with van der Waals surface area (Å²) in [7, 11) is 0. The van der Waals surface area contributed by atoms with Crippen molar-refractivity contribution in [2.45, 2.75) is 19.8 Å². The molecule has 1 aromatic heterocycles. The summed E-state index contributed by atoms with van der Waals surface area (Å²) in [6, 6.07) is 28.0. The fourth-order valence-electron chi connectivity index (χ4n) is 3.89. The molecule has 0 aliphatic heterocycles. The Bertz CT molecular complexity index is 1070. The second-order valence-electron chi connectivity index (χ2n) is 6.94. The lowest BCUT2D eigenvalue weighted by molar-refractivity contribution is 0.818. The Morgan fingerprint density at radius 3 is 2.31 bits per heavy atom. The van der Waals surface area contributed by atoms with Gasteiger partial charge in [-0.1, -0.05) is 72.3 Å². The Hall–Kier alpha value is -3.13. The van der Waals surface area contributed by atoms with E-state index >= 15 is 0 Å². The molecule has 26 heavy (non-hydrogen) atoms. The van der Waals surface area contributed by atoms with Gasteiger partial charge in [0.2, 0.25) is 0 Å². The molecule has 0 amide bonds. The average molecular weight is 336 g/mol. The van der Waals surface area contributed by atoms with Crippen LogP contribution >= 0.6 is 0 Å². The van der Waals surface area contributed by atoms with Crippen molar-refractivity contribution in [1.82, 2.24) is 9.78 Å². The molecule has 0 radical (unpaired) electrons. The summed E-state index contributed by atoms with van der Waals surface area (Å²) >= 11 is 0. The first-order valence-electron chi connectivity index (χ1n) is 9.14.